The summed E-state index contributed by atoms with van der Waals surface area (Å²) in [6.07, 6.45) is 0. The highest BCUT2D eigenvalue weighted by atomic mass is 32.2. The zero-order valence-electron chi connectivity index (χ0n) is 12.5. The summed E-state index contributed by atoms with van der Waals surface area (Å²) in [6, 6.07) is 12.2. The van der Waals surface area contributed by atoms with Gasteiger partial charge in [-0.1, -0.05) is 18.2 Å². The van der Waals surface area contributed by atoms with Gasteiger partial charge in [0.05, 0.1) is 22.8 Å². The van der Waals surface area contributed by atoms with Crippen molar-refractivity contribution >= 4 is 21.4 Å². The van der Waals surface area contributed by atoms with Crippen molar-refractivity contribution in [2.24, 2.45) is 0 Å². The molecule has 22 heavy (non-hydrogen) atoms. The number of rotatable bonds is 3. The molecule has 0 amide bonds. The van der Waals surface area contributed by atoms with Crippen LogP contribution in [0.25, 0.3) is 0 Å². The van der Waals surface area contributed by atoms with E-state index in [1.165, 1.54) is 0 Å². The lowest BCUT2D eigenvalue weighted by atomic mass is 10.2. The summed E-state index contributed by atoms with van der Waals surface area (Å²) in [7, 11) is -1.70. The van der Waals surface area contributed by atoms with E-state index in [1.54, 1.807) is 30.3 Å². The van der Waals surface area contributed by atoms with E-state index in [0.717, 1.165) is 17.8 Å². The predicted octanol–water partition coefficient (Wildman–Crippen LogP) is 2.62. The van der Waals surface area contributed by atoms with Gasteiger partial charge in [0.15, 0.2) is 0 Å². The summed E-state index contributed by atoms with van der Waals surface area (Å²) >= 11 is 0. The maximum Gasteiger partial charge on any atom is 0.261 e. The van der Waals surface area contributed by atoms with Gasteiger partial charge in [0.1, 0.15) is 12.4 Å². The van der Waals surface area contributed by atoms with E-state index in [0.29, 0.717) is 18.0 Å². The first-order valence-electron chi connectivity index (χ1n) is 7.04. The van der Waals surface area contributed by atoms with E-state index in [1.807, 2.05) is 31.0 Å². The number of nitrogens with one attached hydrogen (secondary N) is 1. The molecule has 0 saturated carbocycles. The third-order valence-corrected chi connectivity index (χ3v) is 5.09. The maximum atomic E-state index is 12.6. The van der Waals surface area contributed by atoms with Gasteiger partial charge in [-0.25, -0.2) is 8.42 Å². The molecule has 0 unspecified atom stereocenters. The molecule has 0 fully saturated rings. The molecule has 0 spiro atoms. The predicted molar refractivity (Wildman–Crippen MR) is 87.2 cm³/mol. The van der Waals surface area contributed by atoms with E-state index in [9.17, 15) is 8.42 Å². The third-order valence-electron chi connectivity index (χ3n) is 3.73. The fraction of sp³-hybridized carbons (Fsp3) is 0.250. The number of nitrogens with zero attached hydrogens (tertiary/aromatic N) is 1. The molecule has 0 saturated heterocycles. The largest absolute Gasteiger partial charge is 0.490 e. The second kappa shape index (κ2) is 5.53. The van der Waals surface area contributed by atoms with Crippen LogP contribution in [-0.2, 0) is 10.0 Å². The van der Waals surface area contributed by atoms with Crippen LogP contribution in [0, 0.1) is 6.92 Å². The summed E-state index contributed by atoms with van der Waals surface area (Å²) in [6.45, 7) is 3.21. The molecule has 0 aliphatic carbocycles. The number of anilines is 2. The van der Waals surface area contributed by atoms with E-state index in [2.05, 4.69) is 4.72 Å². The van der Waals surface area contributed by atoms with Crippen molar-refractivity contribution in [1.82, 2.24) is 0 Å². The number of para-hydroxylation sites is 1. The van der Waals surface area contributed by atoms with Crippen LogP contribution in [-0.4, -0.2) is 28.6 Å². The molecular formula is C16H18N2O3S. The Labute approximate surface area is 130 Å². The summed E-state index contributed by atoms with van der Waals surface area (Å²) in [4.78, 5) is 2.22. The topological polar surface area (TPSA) is 58.6 Å². The molecule has 116 valence electrons. The Hall–Kier alpha value is -2.21. The van der Waals surface area contributed by atoms with Crippen molar-refractivity contribution < 1.29 is 13.2 Å². The zero-order valence-corrected chi connectivity index (χ0v) is 13.4. The Kier molecular flexibility index (Phi) is 3.70. The molecular weight excluding hydrogens is 300 g/mol. The number of ether oxygens (including phenoxy) is 1. The van der Waals surface area contributed by atoms with E-state index in [-0.39, 0.29) is 4.90 Å². The van der Waals surface area contributed by atoms with Gasteiger partial charge in [-0.05, 0) is 36.8 Å². The minimum atomic E-state index is -3.62. The average molecular weight is 318 g/mol. The Morgan fingerprint density at radius 2 is 1.95 bits per heavy atom. The SMILES string of the molecule is Cc1ccccc1NS(=O)(=O)c1ccc2c(c1)N(C)CCO2. The lowest BCUT2D eigenvalue weighted by Crippen LogP contribution is -2.29. The molecule has 0 aromatic heterocycles. The van der Waals surface area contributed by atoms with Crippen LogP contribution in [0.5, 0.6) is 5.75 Å². The van der Waals surface area contributed by atoms with Crippen molar-refractivity contribution in [2.75, 3.05) is 29.8 Å². The second-order valence-electron chi connectivity index (χ2n) is 5.32. The van der Waals surface area contributed by atoms with Gasteiger partial charge in [-0.2, -0.15) is 0 Å². The van der Waals surface area contributed by atoms with Crippen LogP contribution >= 0.6 is 0 Å². The number of sulfonamides is 1. The lowest BCUT2D eigenvalue weighted by molar-refractivity contribution is 0.311. The second-order valence-corrected chi connectivity index (χ2v) is 7.00. The molecule has 1 N–H and O–H groups in total. The van der Waals surface area contributed by atoms with E-state index in [4.69, 9.17) is 4.74 Å². The van der Waals surface area contributed by atoms with Crippen molar-refractivity contribution in [3.63, 3.8) is 0 Å². The van der Waals surface area contributed by atoms with Crippen LogP contribution in [0.15, 0.2) is 47.4 Å². The zero-order chi connectivity index (χ0) is 15.7. The fourth-order valence-electron chi connectivity index (χ4n) is 2.39. The molecule has 2 aromatic carbocycles. The standard InChI is InChI=1S/C16H18N2O3S/c1-12-5-3-4-6-14(12)17-22(19,20)13-7-8-16-15(11-13)18(2)9-10-21-16/h3-8,11,17H,9-10H2,1-2H3. The lowest BCUT2D eigenvalue weighted by Gasteiger charge is -2.28. The van der Waals surface area contributed by atoms with Gasteiger partial charge < -0.3 is 9.64 Å². The molecule has 6 heteroatoms. The number of fused-ring (bicyclic) bond motifs is 1. The minimum absolute atomic E-state index is 0.229. The molecule has 0 atom stereocenters. The molecule has 1 aliphatic rings. The molecule has 3 rings (SSSR count). The molecule has 0 radical (unpaired) electrons. The van der Waals surface area contributed by atoms with E-state index >= 15 is 0 Å². The van der Waals surface area contributed by atoms with Crippen LogP contribution in [0.3, 0.4) is 0 Å². The Bertz CT molecular complexity index is 803. The summed E-state index contributed by atoms with van der Waals surface area (Å²) in [5, 5.41) is 0. The van der Waals surface area contributed by atoms with E-state index < -0.39 is 10.0 Å². The maximum absolute atomic E-state index is 12.6. The van der Waals surface area contributed by atoms with Crippen LogP contribution in [0.1, 0.15) is 5.56 Å². The first kappa shape index (κ1) is 14.7. The van der Waals surface area contributed by atoms with Crippen LogP contribution in [0.4, 0.5) is 11.4 Å². The van der Waals surface area contributed by atoms with Crippen LogP contribution in [0.2, 0.25) is 0 Å². The van der Waals surface area contributed by atoms with Gasteiger partial charge in [0.25, 0.3) is 10.0 Å². The number of hydrogen-bond acceptors (Lipinski definition) is 4. The third kappa shape index (κ3) is 2.74. The molecule has 0 bridgehead atoms. The molecule has 1 heterocycles. The average Bonchev–Trinajstić information content (AvgIpc) is 2.49. The molecule has 1 aliphatic heterocycles. The van der Waals surface area contributed by atoms with Gasteiger partial charge in [0, 0.05) is 7.05 Å². The number of hydrogen-bond donors (Lipinski definition) is 1. The van der Waals surface area contributed by atoms with Crippen LogP contribution < -0.4 is 14.4 Å². The quantitative estimate of drug-likeness (QED) is 0.945. The first-order valence-corrected chi connectivity index (χ1v) is 8.52. The number of aryl methyl sites for hydroxylation is 1. The Morgan fingerprint density at radius 1 is 1.18 bits per heavy atom. The molecule has 5 nitrogen and oxygen atoms in total. The highest BCUT2D eigenvalue weighted by Crippen LogP contribution is 2.33. The van der Waals surface area contributed by atoms with Gasteiger partial charge in [0.2, 0.25) is 0 Å². The summed E-state index contributed by atoms with van der Waals surface area (Å²) < 4.78 is 33.3. The first-order chi connectivity index (χ1) is 10.5. The van der Waals surface area contributed by atoms with Gasteiger partial charge >= 0.3 is 0 Å². The highest BCUT2D eigenvalue weighted by Gasteiger charge is 2.21. The van der Waals surface area contributed by atoms with Gasteiger partial charge in [-0.15, -0.1) is 0 Å². The summed E-state index contributed by atoms with van der Waals surface area (Å²) in [5.74, 6) is 0.712. The monoisotopic (exact) mass is 318 g/mol. The normalized spacial score (nSPS) is 14.2. The fourth-order valence-corrected chi connectivity index (χ4v) is 3.54. The van der Waals surface area contributed by atoms with Crippen molar-refractivity contribution in [2.45, 2.75) is 11.8 Å². The smallest absolute Gasteiger partial charge is 0.261 e. The number of likely N-dealkylation sites (N-methyl/N-ethyl adjacent to an activating group) is 1. The van der Waals surface area contributed by atoms with Crippen molar-refractivity contribution in [3.8, 4) is 5.75 Å². The van der Waals surface area contributed by atoms with Gasteiger partial charge in [-0.3, -0.25) is 4.72 Å². The molecule has 2 aromatic rings. The highest BCUT2D eigenvalue weighted by molar-refractivity contribution is 7.92. The number of benzene rings is 2. The minimum Gasteiger partial charge on any atom is -0.490 e. The summed E-state index contributed by atoms with van der Waals surface area (Å²) in [5.41, 5.74) is 2.26. The van der Waals surface area contributed by atoms with Crippen molar-refractivity contribution in [3.05, 3.63) is 48.0 Å². The van der Waals surface area contributed by atoms with Crippen molar-refractivity contribution in [1.29, 1.82) is 0 Å². The Balaban J connectivity index is 1.96. The Morgan fingerprint density at radius 3 is 2.73 bits per heavy atom.